The van der Waals surface area contributed by atoms with Gasteiger partial charge in [-0.3, -0.25) is 14.2 Å². The number of halogens is 5. The number of aryl methyl sites for hydroxylation is 2. The van der Waals surface area contributed by atoms with Gasteiger partial charge in [-0.05, 0) is 26.7 Å². The van der Waals surface area contributed by atoms with Gasteiger partial charge in [0.15, 0.2) is 0 Å². The molecule has 1 fully saturated rings. The summed E-state index contributed by atoms with van der Waals surface area (Å²) in [4.78, 5) is 25.1. The fourth-order valence-corrected chi connectivity index (χ4v) is 3.97. The Morgan fingerprint density at radius 1 is 1.20 bits per heavy atom. The number of hydrogen-bond acceptors (Lipinski definition) is 3. The second kappa shape index (κ2) is 7.99. The predicted molar refractivity (Wildman–Crippen MR) is 99.4 cm³/mol. The van der Waals surface area contributed by atoms with Crippen molar-refractivity contribution in [2.24, 2.45) is 0 Å². The number of amides is 1. The average Bonchev–Trinajstić information content (AvgIpc) is 3.00. The van der Waals surface area contributed by atoms with E-state index < -0.39 is 41.1 Å². The van der Waals surface area contributed by atoms with E-state index in [9.17, 15) is 31.5 Å². The number of hydrogen-bond donors (Lipinski definition) is 1. The molecule has 1 N–H and O–H groups in total. The zero-order valence-electron chi connectivity index (χ0n) is 16.7. The molecule has 0 radical (unpaired) electrons. The van der Waals surface area contributed by atoms with Gasteiger partial charge in [-0.2, -0.15) is 27.1 Å². The van der Waals surface area contributed by atoms with Gasteiger partial charge < -0.3 is 5.32 Å². The number of rotatable bonds is 5. The van der Waals surface area contributed by atoms with Crippen LogP contribution in [0.15, 0.2) is 10.9 Å². The molecule has 2 heterocycles. The Bertz CT molecular complexity index is 1000. The first kappa shape index (κ1) is 22.2. The van der Waals surface area contributed by atoms with E-state index in [-0.39, 0.29) is 30.0 Å². The Morgan fingerprint density at radius 3 is 2.40 bits per heavy atom. The van der Waals surface area contributed by atoms with E-state index >= 15 is 0 Å². The molecule has 1 aliphatic rings. The van der Waals surface area contributed by atoms with Crippen molar-refractivity contribution in [3.05, 3.63) is 27.7 Å². The lowest BCUT2D eigenvalue weighted by Crippen LogP contribution is -2.41. The molecule has 6 nitrogen and oxygen atoms in total. The largest absolute Gasteiger partial charge is 0.458 e. The smallest absolute Gasteiger partial charge is 0.352 e. The van der Waals surface area contributed by atoms with E-state index in [1.54, 1.807) is 6.92 Å². The van der Waals surface area contributed by atoms with E-state index in [0.29, 0.717) is 0 Å². The standard InChI is InChI=1S/C19H23F5N4O2/c1-3-28-17-16(11(2)26-28)13(18(20,21)19(22,23)24)9-15(30)27(17)10-14(29)25-12-7-5-4-6-8-12/h9,12H,3-8,10H2,1-2H3,(H,25,29). The second-order valence-electron chi connectivity index (χ2n) is 7.56. The third-order valence-corrected chi connectivity index (χ3v) is 5.43. The summed E-state index contributed by atoms with van der Waals surface area (Å²) in [6.07, 6.45) is -1.25. The summed E-state index contributed by atoms with van der Waals surface area (Å²) >= 11 is 0. The molecule has 3 rings (SSSR count). The normalized spacial score (nSPS) is 16.2. The monoisotopic (exact) mass is 434 g/mol. The molecule has 0 saturated heterocycles. The number of nitrogens with one attached hydrogen (secondary N) is 1. The van der Waals surface area contributed by atoms with E-state index in [1.165, 1.54) is 6.92 Å². The van der Waals surface area contributed by atoms with Crippen molar-refractivity contribution in [2.45, 2.75) is 77.2 Å². The van der Waals surface area contributed by atoms with E-state index in [2.05, 4.69) is 10.4 Å². The molecule has 0 aliphatic heterocycles. The third-order valence-electron chi connectivity index (χ3n) is 5.43. The molecule has 0 aromatic carbocycles. The van der Waals surface area contributed by atoms with Gasteiger partial charge >= 0.3 is 12.1 Å². The van der Waals surface area contributed by atoms with Crippen LogP contribution in [0.3, 0.4) is 0 Å². The van der Waals surface area contributed by atoms with Crippen LogP contribution in [0, 0.1) is 6.92 Å². The van der Waals surface area contributed by atoms with Crippen LogP contribution in [-0.4, -0.2) is 32.5 Å². The van der Waals surface area contributed by atoms with Crippen molar-refractivity contribution in [1.82, 2.24) is 19.7 Å². The number of carbonyl (C=O) groups excluding carboxylic acids is 1. The molecule has 0 spiro atoms. The number of aromatic nitrogens is 3. The van der Waals surface area contributed by atoms with Crippen molar-refractivity contribution >= 4 is 16.9 Å². The summed E-state index contributed by atoms with van der Waals surface area (Å²) < 4.78 is 69.5. The average molecular weight is 434 g/mol. The summed E-state index contributed by atoms with van der Waals surface area (Å²) in [6.45, 7) is 2.53. The van der Waals surface area contributed by atoms with Crippen LogP contribution in [0.5, 0.6) is 0 Å². The summed E-state index contributed by atoms with van der Waals surface area (Å²) in [5.74, 6) is -5.73. The Balaban J connectivity index is 2.10. The molecule has 30 heavy (non-hydrogen) atoms. The van der Waals surface area contributed by atoms with Crippen molar-refractivity contribution in [2.75, 3.05) is 0 Å². The van der Waals surface area contributed by atoms with Crippen LogP contribution >= 0.6 is 0 Å². The topological polar surface area (TPSA) is 68.9 Å². The first-order valence-electron chi connectivity index (χ1n) is 9.82. The Kier molecular flexibility index (Phi) is 5.92. The first-order valence-corrected chi connectivity index (χ1v) is 9.82. The van der Waals surface area contributed by atoms with Gasteiger partial charge in [0, 0.05) is 29.6 Å². The third kappa shape index (κ3) is 3.93. The molecule has 166 valence electrons. The zero-order valence-corrected chi connectivity index (χ0v) is 16.7. The summed E-state index contributed by atoms with van der Waals surface area (Å²) in [6, 6.07) is 0.224. The maximum absolute atomic E-state index is 14.2. The minimum Gasteiger partial charge on any atom is -0.352 e. The number of fused-ring (bicyclic) bond motifs is 1. The highest BCUT2D eigenvalue weighted by Crippen LogP contribution is 2.46. The predicted octanol–water partition coefficient (Wildman–Crippen LogP) is 3.63. The summed E-state index contributed by atoms with van der Waals surface area (Å²) in [5, 5.41) is 6.36. The van der Waals surface area contributed by atoms with Gasteiger partial charge in [0.1, 0.15) is 12.2 Å². The van der Waals surface area contributed by atoms with Gasteiger partial charge in [0.2, 0.25) is 5.91 Å². The van der Waals surface area contributed by atoms with Crippen molar-refractivity contribution in [3.63, 3.8) is 0 Å². The number of nitrogens with zero attached hydrogens (tertiary/aromatic N) is 3. The van der Waals surface area contributed by atoms with Crippen molar-refractivity contribution in [3.8, 4) is 0 Å². The highest BCUT2D eigenvalue weighted by Gasteiger charge is 2.60. The lowest BCUT2D eigenvalue weighted by atomic mass is 9.95. The molecule has 11 heteroatoms. The highest BCUT2D eigenvalue weighted by atomic mass is 19.4. The Hall–Kier alpha value is -2.46. The maximum Gasteiger partial charge on any atom is 0.458 e. The lowest BCUT2D eigenvalue weighted by molar-refractivity contribution is -0.288. The highest BCUT2D eigenvalue weighted by molar-refractivity contribution is 5.85. The fraction of sp³-hybridized carbons (Fsp3) is 0.632. The van der Waals surface area contributed by atoms with E-state index in [0.717, 1.165) is 41.4 Å². The summed E-state index contributed by atoms with van der Waals surface area (Å²) in [5.41, 5.74) is -2.86. The van der Waals surface area contributed by atoms with Gasteiger partial charge in [-0.15, -0.1) is 0 Å². The molecule has 2 aromatic rings. The van der Waals surface area contributed by atoms with Crippen molar-refractivity contribution < 1.29 is 26.7 Å². The van der Waals surface area contributed by atoms with Gasteiger partial charge in [0.05, 0.1) is 5.69 Å². The molecular weight excluding hydrogens is 411 g/mol. The lowest BCUT2D eigenvalue weighted by Gasteiger charge is -2.24. The summed E-state index contributed by atoms with van der Waals surface area (Å²) in [7, 11) is 0. The number of pyridine rings is 1. The molecule has 2 aromatic heterocycles. The van der Waals surface area contributed by atoms with Crippen LogP contribution in [0.25, 0.3) is 11.0 Å². The van der Waals surface area contributed by atoms with E-state index in [4.69, 9.17) is 0 Å². The van der Waals surface area contributed by atoms with E-state index in [1.807, 2.05) is 0 Å². The van der Waals surface area contributed by atoms with Crippen LogP contribution < -0.4 is 10.9 Å². The molecule has 1 aliphatic carbocycles. The van der Waals surface area contributed by atoms with Crippen LogP contribution in [0.4, 0.5) is 22.0 Å². The minimum atomic E-state index is -5.88. The number of carbonyl (C=O) groups is 1. The second-order valence-corrected chi connectivity index (χ2v) is 7.56. The Labute approximate surface area is 169 Å². The quantitative estimate of drug-likeness (QED) is 0.731. The molecule has 0 unspecified atom stereocenters. The SMILES string of the molecule is CCn1nc(C)c2c(C(F)(F)C(F)(F)F)cc(=O)n(CC(=O)NC3CCCCC3)c21. The van der Waals surface area contributed by atoms with Gasteiger partial charge in [-0.1, -0.05) is 19.3 Å². The van der Waals surface area contributed by atoms with Gasteiger partial charge in [0.25, 0.3) is 5.56 Å². The maximum atomic E-state index is 14.2. The first-order chi connectivity index (χ1) is 14.0. The number of alkyl halides is 5. The fourth-order valence-electron chi connectivity index (χ4n) is 3.97. The molecule has 1 saturated carbocycles. The Morgan fingerprint density at radius 2 is 1.83 bits per heavy atom. The minimum absolute atomic E-state index is 0.0379. The van der Waals surface area contributed by atoms with Gasteiger partial charge in [-0.25, -0.2) is 4.68 Å². The van der Waals surface area contributed by atoms with Crippen LogP contribution in [0.2, 0.25) is 0 Å². The molecule has 1 amide bonds. The van der Waals surface area contributed by atoms with Crippen LogP contribution in [-0.2, 0) is 23.8 Å². The zero-order chi connectivity index (χ0) is 22.3. The van der Waals surface area contributed by atoms with Crippen molar-refractivity contribution in [1.29, 1.82) is 0 Å². The molecule has 0 atom stereocenters. The molecule has 0 bridgehead atoms. The molecular formula is C19H23F5N4O2. The van der Waals surface area contributed by atoms with Crippen LogP contribution in [0.1, 0.15) is 50.3 Å².